The minimum absolute atomic E-state index is 0.140. The number of esters is 1. The van der Waals surface area contributed by atoms with Crippen LogP contribution in [0.5, 0.6) is 0 Å². The maximum Gasteiger partial charge on any atom is 0.433 e. The van der Waals surface area contributed by atoms with Gasteiger partial charge in [0.05, 0.1) is 42.0 Å². The van der Waals surface area contributed by atoms with E-state index in [1.54, 1.807) is 19.9 Å². The Kier molecular flexibility index (Phi) is 8.59. The number of carbonyl (C=O) groups is 2. The summed E-state index contributed by atoms with van der Waals surface area (Å²) in [5.74, 6) is -1.53. The van der Waals surface area contributed by atoms with Crippen LogP contribution in [0.4, 0.5) is 17.6 Å². The Labute approximate surface area is 257 Å². The molecule has 1 aromatic carbocycles. The molecule has 0 saturated heterocycles. The molecule has 0 bridgehead atoms. The van der Waals surface area contributed by atoms with Gasteiger partial charge in [-0.2, -0.15) is 18.3 Å². The Bertz CT molecular complexity index is 1360. The number of benzene rings is 1. The lowest BCUT2D eigenvalue weighted by Gasteiger charge is -2.47. The van der Waals surface area contributed by atoms with Crippen LogP contribution in [0.2, 0.25) is 10.0 Å². The van der Waals surface area contributed by atoms with Crippen molar-refractivity contribution in [2.24, 2.45) is 10.8 Å². The number of hydrogen-bond acceptors (Lipinski definition) is 5. The van der Waals surface area contributed by atoms with Gasteiger partial charge in [0, 0.05) is 22.0 Å². The maximum absolute atomic E-state index is 16.2. The van der Waals surface area contributed by atoms with Gasteiger partial charge in [0.15, 0.2) is 5.69 Å². The molecule has 1 heterocycles. The molecule has 2 aromatic rings. The molecule has 3 fully saturated rings. The predicted molar refractivity (Wildman–Crippen MR) is 152 cm³/mol. The van der Waals surface area contributed by atoms with Gasteiger partial charge in [-0.15, -0.1) is 0 Å². The van der Waals surface area contributed by atoms with Crippen LogP contribution in [-0.4, -0.2) is 45.1 Å². The van der Waals surface area contributed by atoms with Crippen LogP contribution in [0.1, 0.15) is 105 Å². The summed E-state index contributed by atoms with van der Waals surface area (Å²) in [5.41, 5.74) is -4.69. The van der Waals surface area contributed by atoms with E-state index in [0.29, 0.717) is 12.8 Å². The Morgan fingerprint density at radius 1 is 1.16 bits per heavy atom. The first-order chi connectivity index (χ1) is 20.1. The van der Waals surface area contributed by atoms with Gasteiger partial charge in [-0.1, -0.05) is 29.3 Å². The topological polar surface area (TPSA) is 93.5 Å². The summed E-state index contributed by atoms with van der Waals surface area (Å²) in [6.07, 6.45) is -2.79. The molecular weight excluding hydrogens is 613 g/mol. The van der Waals surface area contributed by atoms with Gasteiger partial charge >= 0.3 is 12.1 Å². The smallest absolute Gasteiger partial charge is 0.433 e. The van der Waals surface area contributed by atoms with Crippen molar-refractivity contribution in [2.45, 2.75) is 102 Å². The van der Waals surface area contributed by atoms with Gasteiger partial charge in [-0.3, -0.25) is 14.3 Å². The highest BCUT2D eigenvalue weighted by molar-refractivity contribution is 6.36. The Morgan fingerprint density at radius 3 is 2.30 bits per heavy atom. The molecule has 3 aliphatic carbocycles. The molecule has 2 atom stereocenters. The predicted octanol–water partition coefficient (Wildman–Crippen LogP) is 7.40. The van der Waals surface area contributed by atoms with Crippen molar-refractivity contribution < 1.29 is 37.0 Å². The van der Waals surface area contributed by atoms with E-state index in [-0.39, 0.29) is 65.7 Å². The quantitative estimate of drug-likeness (QED) is 0.219. The van der Waals surface area contributed by atoms with Crippen molar-refractivity contribution in [1.82, 2.24) is 15.1 Å². The second-order valence-corrected chi connectivity index (χ2v) is 13.5. The number of amides is 1. The molecule has 43 heavy (non-hydrogen) atoms. The number of aliphatic hydroxyl groups excluding tert-OH is 1. The van der Waals surface area contributed by atoms with Crippen molar-refractivity contribution in [3.05, 3.63) is 51.3 Å². The molecule has 5 rings (SSSR count). The van der Waals surface area contributed by atoms with Gasteiger partial charge < -0.3 is 15.2 Å². The van der Waals surface area contributed by atoms with Crippen LogP contribution in [0, 0.1) is 10.8 Å². The number of carbonyl (C=O) groups excluding carboxylic acids is 2. The van der Waals surface area contributed by atoms with Crippen LogP contribution in [0.3, 0.4) is 0 Å². The zero-order valence-corrected chi connectivity index (χ0v) is 25.5. The molecule has 1 spiro atoms. The first kappa shape index (κ1) is 32.0. The largest absolute Gasteiger partial charge is 0.466 e. The molecule has 1 amide bonds. The molecule has 236 valence electrons. The van der Waals surface area contributed by atoms with E-state index < -0.39 is 52.6 Å². The third kappa shape index (κ3) is 6.27. The normalized spacial score (nSPS) is 25.5. The number of nitrogens with one attached hydrogen (secondary N) is 1. The second-order valence-electron chi connectivity index (χ2n) is 12.7. The fourth-order valence-electron chi connectivity index (χ4n) is 6.86. The van der Waals surface area contributed by atoms with Crippen LogP contribution in [0.25, 0.3) is 0 Å². The van der Waals surface area contributed by atoms with Gasteiger partial charge in [0.25, 0.3) is 5.91 Å². The highest BCUT2D eigenvalue weighted by atomic mass is 35.5. The molecule has 0 aliphatic heterocycles. The standard InChI is InChI=1S/C30H35Cl2F4N3O4/c1-3-43-26(42)27(2)9-7-17(8-10-27)39-24(30(34,35)36)18(14-37-39)25(41)38-22(29(33)15-28(16-29)11-12-28)13-21(40)23-19(31)5-4-6-20(23)32/h4-6,14,17,21-22,40H,3,7-13,15-16H2,1-2H3,(H,38,41)/t17?,21-,22-,27?/m1/s1. The molecule has 0 radical (unpaired) electrons. The fourth-order valence-corrected chi connectivity index (χ4v) is 7.51. The summed E-state index contributed by atoms with van der Waals surface area (Å²) in [4.78, 5) is 25.9. The lowest BCUT2D eigenvalue weighted by Crippen LogP contribution is -2.58. The number of rotatable bonds is 9. The van der Waals surface area contributed by atoms with E-state index >= 15 is 4.39 Å². The monoisotopic (exact) mass is 647 g/mol. The molecule has 13 heteroatoms. The SMILES string of the molecule is CCOC(=O)C1(C)CCC(n2ncc(C(=O)N[C@H](C[C@@H](O)c3c(Cl)cccc3Cl)C3(F)CC4(CC4)C3)c2C(F)(F)F)CC1. The lowest BCUT2D eigenvalue weighted by atomic mass is 9.64. The summed E-state index contributed by atoms with van der Waals surface area (Å²) in [6, 6.07) is 2.60. The van der Waals surface area contributed by atoms with E-state index in [4.69, 9.17) is 27.9 Å². The number of hydrogen-bond donors (Lipinski definition) is 2. The lowest BCUT2D eigenvalue weighted by molar-refractivity contribution is -0.157. The van der Waals surface area contributed by atoms with Gasteiger partial charge in [-0.25, -0.2) is 4.39 Å². The minimum atomic E-state index is -4.94. The molecule has 1 aromatic heterocycles. The van der Waals surface area contributed by atoms with E-state index in [1.807, 2.05) is 0 Å². The summed E-state index contributed by atoms with van der Waals surface area (Å²) in [7, 11) is 0. The molecule has 7 nitrogen and oxygen atoms in total. The zero-order valence-electron chi connectivity index (χ0n) is 23.9. The van der Waals surface area contributed by atoms with Gasteiger partial charge in [0.1, 0.15) is 5.67 Å². The van der Waals surface area contributed by atoms with E-state index in [0.717, 1.165) is 23.7 Å². The molecule has 0 unspecified atom stereocenters. The van der Waals surface area contributed by atoms with E-state index in [1.165, 1.54) is 12.1 Å². The first-order valence-electron chi connectivity index (χ1n) is 14.6. The molecular formula is C30H35Cl2F4N3O4. The summed E-state index contributed by atoms with van der Waals surface area (Å²) in [6.45, 7) is 3.63. The number of nitrogens with zero attached hydrogens (tertiary/aromatic N) is 2. The molecule has 3 saturated carbocycles. The Balaban J connectivity index is 1.39. The number of aliphatic hydroxyl groups is 1. The van der Waals surface area contributed by atoms with Crippen molar-refractivity contribution in [3.8, 4) is 0 Å². The van der Waals surface area contributed by atoms with Gasteiger partial charge in [-0.05, 0) is 82.8 Å². The van der Waals surface area contributed by atoms with Crippen LogP contribution < -0.4 is 5.32 Å². The number of ether oxygens (including phenoxy) is 1. The first-order valence-corrected chi connectivity index (χ1v) is 15.3. The van der Waals surface area contributed by atoms with Crippen LogP contribution >= 0.6 is 23.2 Å². The third-order valence-corrected chi connectivity index (χ3v) is 10.2. The zero-order chi connectivity index (χ0) is 31.4. The maximum atomic E-state index is 16.2. The van der Waals surface area contributed by atoms with E-state index in [9.17, 15) is 27.9 Å². The summed E-state index contributed by atoms with van der Waals surface area (Å²) < 4.78 is 65.5. The van der Waals surface area contributed by atoms with Crippen molar-refractivity contribution in [3.63, 3.8) is 0 Å². The van der Waals surface area contributed by atoms with Crippen LogP contribution in [0.15, 0.2) is 24.4 Å². The van der Waals surface area contributed by atoms with Crippen LogP contribution in [-0.2, 0) is 15.7 Å². The van der Waals surface area contributed by atoms with Crippen molar-refractivity contribution in [2.75, 3.05) is 6.61 Å². The van der Waals surface area contributed by atoms with E-state index in [2.05, 4.69) is 10.4 Å². The highest BCUT2D eigenvalue weighted by Crippen LogP contribution is 2.67. The molecule has 3 aliphatic rings. The fraction of sp³-hybridized carbons (Fsp3) is 0.633. The highest BCUT2D eigenvalue weighted by Gasteiger charge is 2.65. The average molecular weight is 649 g/mol. The Hall–Kier alpha value is -2.37. The average Bonchev–Trinajstić information content (AvgIpc) is 3.54. The summed E-state index contributed by atoms with van der Waals surface area (Å²) in [5, 5.41) is 17.8. The minimum Gasteiger partial charge on any atom is -0.466 e. The molecule has 2 N–H and O–H groups in total. The third-order valence-electron chi connectivity index (χ3n) is 9.50. The summed E-state index contributed by atoms with van der Waals surface area (Å²) >= 11 is 12.5. The number of halogens is 6. The Morgan fingerprint density at radius 2 is 1.77 bits per heavy atom. The van der Waals surface area contributed by atoms with Crippen molar-refractivity contribution >= 4 is 35.1 Å². The number of alkyl halides is 4. The van der Waals surface area contributed by atoms with Gasteiger partial charge in [0.2, 0.25) is 0 Å². The van der Waals surface area contributed by atoms with Crippen molar-refractivity contribution in [1.29, 1.82) is 0 Å². The second kappa shape index (κ2) is 11.5. The number of aromatic nitrogens is 2.